The maximum absolute atomic E-state index is 14.2. The number of nitrogens with one attached hydrogen (secondary N) is 1. The van der Waals surface area contributed by atoms with Gasteiger partial charge < -0.3 is 0 Å². The standard InChI is InChI=1S/C24H17ClFN3O2S/c1-15-5-8-18(9-6-15)32(30,31)29-14-21(19-3-2-4-22(26)24(19)25)20-11-16(7-10-23(20)29)17-12-27-28-13-17/h2-14H,1H3,(H,27,28). The summed E-state index contributed by atoms with van der Waals surface area (Å²) < 4.78 is 42.5. The van der Waals surface area contributed by atoms with Gasteiger partial charge in [-0.3, -0.25) is 5.10 Å². The summed E-state index contributed by atoms with van der Waals surface area (Å²) in [6.07, 6.45) is 4.92. The third-order valence-corrected chi connectivity index (χ3v) is 7.49. The molecule has 0 radical (unpaired) electrons. The minimum atomic E-state index is -3.90. The largest absolute Gasteiger partial charge is 0.285 e. The van der Waals surface area contributed by atoms with Gasteiger partial charge in [0.1, 0.15) is 5.82 Å². The minimum Gasteiger partial charge on any atom is -0.285 e. The van der Waals surface area contributed by atoms with E-state index in [0.29, 0.717) is 22.0 Å². The molecule has 1 N–H and O–H groups in total. The Hall–Kier alpha value is -3.42. The molecule has 8 heteroatoms. The number of rotatable bonds is 4. The Morgan fingerprint density at radius 1 is 1.00 bits per heavy atom. The predicted octanol–water partition coefficient (Wildman–Crippen LogP) is 6.04. The van der Waals surface area contributed by atoms with E-state index in [9.17, 15) is 12.8 Å². The highest BCUT2D eigenvalue weighted by Crippen LogP contribution is 2.39. The zero-order chi connectivity index (χ0) is 22.5. The summed E-state index contributed by atoms with van der Waals surface area (Å²) in [5.41, 5.74) is 4.04. The second kappa shape index (κ2) is 7.62. The van der Waals surface area contributed by atoms with Gasteiger partial charge in [-0.2, -0.15) is 5.10 Å². The molecule has 5 rings (SSSR count). The van der Waals surface area contributed by atoms with Gasteiger partial charge in [0.05, 0.1) is 21.6 Å². The number of hydrogen-bond donors (Lipinski definition) is 1. The van der Waals surface area contributed by atoms with Crippen molar-refractivity contribution in [2.75, 3.05) is 0 Å². The average molecular weight is 466 g/mol. The minimum absolute atomic E-state index is 0.0620. The van der Waals surface area contributed by atoms with Gasteiger partial charge in [-0.15, -0.1) is 0 Å². The van der Waals surface area contributed by atoms with Crippen LogP contribution in [0.3, 0.4) is 0 Å². The lowest BCUT2D eigenvalue weighted by Gasteiger charge is -2.08. The SMILES string of the molecule is Cc1ccc(S(=O)(=O)n2cc(-c3cccc(F)c3Cl)c3cc(-c4cn[nH]c4)ccc32)cc1. The van der Waals surface area contributed by atoms with Crippen LogP contribution in [0.4, 0.5) is 4.39 Å². The molecule has 32 heavy (non-hydrogen) atoms. The lowest BCUT2D eigenvalue weighted by molar-refractivity contribution is 0.589. The van der Waals surface area contributed by atoms with Crippen LogP contribution in [0.15, 0.2) is 84.1 Å². The van der Waals surface area contributed by atoms with Crippen molar-refractivity contribution in [3.8, 4) is 22.3 Å². The van der Waals surface area contributed by atoms with Crippen LogP contribution in [0.1, 0.15) is 5.56 Å². The summed E-state index contributed by atoms with van der Waals surface area (Å²) in [6, 6.07) is 16.6. The average Bonchev–Trinajstić information content (AvgIpc) is 3.44. The first-order valence-corrected chi connectivity index (χ1v) is 11.6. The number of aryl methyl sites for hydroxylation is 1. The Morgan fingerprint density at radius 2 is 1.78 bits per heavy atom. The Morgan fingerprint density at radius 3 is 2.50 bits per heavy atom. The van der Waals surface area contributed by atoms with Crippen LogP contribution in [0.25, 0.3) is 33.2 Å². The molecule has 0 fully saturated rings. The Kier molecular flexibility index (Phi) is 4.87. The molecule has 0 saturated carbocycles. The maximum Gasteiger partial charge on any atom is 0.268 e. The van der Waals surface area contributed by atoms with Crippen molar-refractivity contribution in [2.45, 2.75) is 11.8 Å². The maximum atomic E-state index is 14.2. The fourth-order valence-electron chi connectivity index (χ4n) is 3.74. The van der Waals surface area contributed by atoms with Gasteiger partial charge in [0.25, 0.3) is 10.0 Å². The van der Waals surface area contributed by atoms with Crippen molar-refractivity contribution in [3.63, 3.8) is 0 Å². The summed E-state index contributed by atoms with van der Waals surface area (Å²) in [4.78, 5) is 0.163. The van der Waals surface area contributed by atoms with E-state index < -0.39 is 15.8 Å². The molecule has 5 aromatic rings. The molecule has 0 aliphatic carbocycles. The van der Waals surface area contributed by atoms with E-state index in [0.717, 1.165) is 16.7 Å². The van der Waals surface area contributed by atoms with Crippen LogP contribution >= 0.6 is 11.6 Å². The van der Waals surface area contributed by atoms with Crippen LogP contribution in [-0.2, 0) is 10.0 Å². The third kappa shape index (κ3) is 3.30. The van der Waals surface area contributed by atoms with Crippen molar-refractivity contribution in [1.82, 2.24) is 14.2 Å². The van der Waals surface area contributed by atoms with Gasteiger partial charge in [-0.1, -0.05) is 47.5 Å². The van der Waals surface area contributed by atoms with Gasteiger partial charge >= 0.3 is 0 Å². The molecule has 0 spiro atoms. The fraction of sp³-hybridized carbons (Fsp3) is 0.0417. The highest BCUT2D eigenvalue weighted by Gasteiger charge is 2.23. The topological polar surface area (TPSA) is 67.8 Å². The van der Waals surface area contributed by atoms with E-state index in [2.05, 4.69) is 10.2 Å². The number of aromatic nitrogens is 3. The van der Waals surface area contributed by atoms with Crippen LogP contribution in [0.2, 0.25) is 5.02 Å². The highest BCUT2D eigenvalue weighted by molar-refractivity contribution is 7.90. The summed E-state index contributed by atoms with van der Waals surface area (Å²) in [5, 5.41) is 7.32. The molecule has 3 aromatic carbocycles. The Labute approximate surface area is 189 Å². The molecule has 0 unspecified atom stereocenters. The van der Waals surface area contributed by atoms with Crippen molar-refractivity contribution in [3.05, 3.63) is 95.7 Å². The van der Waals surface area contributed by atoms with E-state index in [4.69, 9.17) is 11.6 Å². The summed E-state index contributed by atoms with van der Waals surface area (Å²) in [6.45, 7) is 1.89. The van der Waals surface area contributed by atoms with Crippen LogP contribution in [0.5, 0.6) is 0 Å². The van der Waals surface area contributed by atoms with Gasteiger partial charge in [0.2, 0.25) is 0 Å². The molecule has 160 valence electrons. The number of nitrogens with zero attached hydrogens (tertiary/aromatic N) is 2. The van der Waals surface area contributed by atoms with Gasteiger partial charge in [-0.25, -0.2) is 16.8 Å². The van der Waals surface area contributed by atoms with E-state index in [-0.39, 0.29) is 9.92 Å². The molecule has 0 amide bonds. The van der Waals surface area contributed by atoms with Crippen LogP contribution < -0.4 is 0 Å². The van der Waals surface area contributed by atoms with Crippen molar-refractivity contribution >= 4 is 32.5 Å². The first-order chi connectivity index (χ1) is 15.4. The first kappa shape index (κ1) is 20.5. The molecule has 0 bridgehead atoms. The van der Waals surface area contributed by atoms with Crippen molar-refractivity contribution in [2.24, 2.45) is 0 Å². The van der Waals surface area contributed by atoms with Gasteiger partial charge in [-0.05, 0) is 42.8 Å². The molecule has 0 aliphatic heterocycles. The second-order valence-electron chi connectivity index (χ2n) is 7.48. The van der Waals surface area contributed by atoms with Crippen LogP contribution in [-0.4, -0.2) is 22.6 Å². The van der Waals surface area contributed by atoms with E-state index in [1.165, 1.54) is 16.2 Å². The summed E-state index contributed by atoms with van der Waals surface area (Å²) in [7, 11) is -3.90. The lowest BCUT2D eigenvalue weighted by Crippen LogP contribution is -2.11. The van der Waals surface area contributed by atoms with Crippen LogP contribution in [0, 0.1) is 12.7 Å². The number of hydrogen-bond acceptors (Lipinski definition) is 3. The van der Waals surface area contributed by atoms with Crippen molar-refractivity contribution < 1.29 is 12.8 Å². The summed E-state index contributed by atoms with van der Waals surface area (Å²) >= 11 is 6.28. The smallest absolute Gasteiger partial charge is 0.268 e. The quantitative estimate of drug-likeness (QED) is 0.352. The second-order valence-corrected chi connectivity index (χ2v) is 9.67. The molecule has 0 atom stereocenters. The Balaban J connectivity index is 1.81. The molecule has 0 aliphatic rings. The van der Waals surface area contributed by atoms with E-state index in [1.54, 1.807) is 54.9 Å². The molecule has 0 saturated heterocycles. The van der Waals surface area contributed by atoms with Crippen molar-refractivity contribution in [1.29, 1.82) is 0 Å². The predicted molar refractivity (Wildman–Crippen MR) is 124 cm³/mol. The zero-order valence-corrected chi connectivity index (χ0v) is 18.5. The normalized spacial score (nSPS) is 11.8. The molecule has 2 aromatic heterocycles. The highest BCUT2D eigenvalue weighted by atomic mass is 35.5. The fourth-order valence-corrected chi connectivity index (χ4v) is 5.33. The number of halogens is 2. The Bertz CT molecular complexity index is 1560. The molecular formula is C24H17ClFN3O2S. The number of aromatic amines is 1. The molecular weight excluding hydrogens is 449 g/mol. The number of benzene rings is 3. The zero-order valence-electron chi connectivity index (χ0n) is 16.9. The number of fused-ring (bicyclic) bond motifs is 1. The van der Waals surface area contributed by atoms with E-state index in [1.807, 2.05) is 19.1 Å². The summed E-state index contributed by atoms with van der Waals surface area (Å²) in [5.74, 6) is -0.572. The van der Waals surface area contributed by atoms with Gasteiger partial charge in [0, 0.05) is 34.5 Å². The first-order valence-electron chi connectivity index (χ1n) is 9.77. The monoisotopic (exact) mass is 465 g/mol. The van der Waals surface area contributed by atoms with Gasteiger partial charge in [0.15, 0.2) is 0 Å². The third-order valence-electron chi connectivity index (χ3n) is 5.42. The number of H-pyrrole nitrogens is 1. The molecule has 5 nitrogen and oxygen atoms in total. The van der Waals surface area contributed by atoms with E-state index >= 15 is 0 Å². The lowest BCUT2D eigenvalue weighted by atomic mass is 10.0. The molecule has 2 heterocycles.